The molecule has 0 aliphatic heterocycles. The van der Waals surface area contributed by atoms with Crippen molar-refractivity contribution in [3.8, 4) is 0 Å². The van der Waals surface area contributed by atoms with Crippen LogP contribution < -0.4 is 9.41 Å². The molecule has 0 amide bonds. The minimum atomic E-state index is 0. The van der Waals surface area contributed by atoms with Gasteiger partial charge in [-0.1, -0.05) is 65.2 Å². The predicted molar refractivity (Wildman–Crippen MR) is 89.3 cm³/mol. The van der Waals surface area contributed by atoms with Gasteiger partial charge in [-0.25, -0.2) is 23.3 Å². The van der Waals surface area contributed by atoms with E-state index in [4.69, 9.17) is 0 Å². The van der Waals surface area contributed by atoms with E-state index in [0.29, 0.717) is 0 Å². The second-order valence-corrected chi connectivity index (χ2v) is 5.58. The molecule has 0 aromatic heterocycles. The van der Waals surface area contributed by atoms with Crippen LogP contribution in [-0.2, 0) is 26.2 Å². The smallest absolute Gasteiger partial charge is 1.00 e. The molecule has 0 unspecified atom stereocenters. The van der Waals surface area contributed by atoms with Crippen LogP contribution in [0.1, 0.15) is 78.1 Å². The van der Waals surface area contributed by atoms with Crippen molar-refractivity contribution in [2.45, 2.75) is 78.1 Å². The summed E-state index contributed by atoms with van der Waals surface area (Å²) in [5, 5.41) is 0. The Bertz CT molecular complexity index is 332. The molecule has 2 rings (SSSR count). The van der Waals surface area contributed by atoms with E-state index in [-0.39, 0.29) is 35.6 Å². The third kappa shape index (κ3) is 15.0. The number of halogens is 2. The van der Waals surface area contributed by atoms with E-state index >= 15 is 0 Å². The second kappa shape index (κ2) is 19.7. The molecule has 130 valence electrons. The molecule has 0 bridgehead atoms. The van der Waals surface area contributed by atoms with Gasteiger partial charge in [0.25, 0.3) is 0 Å². The summed E-state index contributed by atoms with van der Waals surface area (Å²) >= 11 is 0. The van der Waals surface area contributed by atoms with Gasteiger partial charge in [-0.3, -0.25) is 12.2 Å². The SMILES string of the molecule is CCCCCC1=CC[C-]=C1.CCCCCC1=CC[C-]=C1.[F-].[F-].[Zr+2]. The fraction of sp³-hybridized carbons (Fsp3) is 0.600. The molecule has 0 nitrogen and oxygen atoms in total. The molecular weight excluding hydrogens is 369 g/mol. The standard InChI is InChI=1S/2C10H15.2FH.Zr/c2*1-2-3-4-7-10-8-5-6-9-10;;;/h2*8-9H,2-5,7H2,1H3;2*1H;/q2*-1;;;+2/p-2. The van der Waals surface area contributed by atoms with Crippen molar-refractivity contribution in [3.63, 3.8) is 0 Å². The normalized spacial score (nSPS) is 13.8. The number of hydrogen-bond donors (Lipinski definition) is 0. The zero-order chi connectivity index (χ0) is 14.5. The van der Waals surface area contributed by atoms with Gasteiger partial charge < -0.3 is 9.41 Å². The minimum absolute atomic E-state index is 0. The van der Waals surface area contributed by atoms with Gasteiger partial charge in [-0.05, 0) is 0 Å². The van der Waals surface area contributed by atoms with Crippen molar-refractivity contribution < 1.29 is 35.6 Å². The Morgan fingerprint density at radius 2 is 1.13 bits per heavy atom. The Kier molecular flexibility index (Phi) is 23.7. The van der Waals surface area contributed by atoms with E-state index in [2.05, 4.69) is 50.3 Å². The summed E-state index contributed by atoms with van der Waals surface area (Å²) in [6, 6.07) is 0. The van der Waals surface area contributed by atoms with Crippen molar-refractivity contribution >= 4 is 0 Å². The first-order chi connectivity index (χ1) is 9.86. The molecule has 3 heteroatoms. The van der Waals surface area contributed by atoms with E-state index < -0.39 is 0 Å². The Morgan fingerprint density at radius 3 is 1.39 bits per heavy atom. The maximum atomic E-state index is 3.18. The van der Waals surface area contributed by atoms with Gasteiger partial charge in [0, 0.05) is 0 Å². The van der Waals surface area contributed by atoms with Crippen molar-refractivity contribution in [1.29, 1.82) is 0 Å². The van der Waals surface area contributed by atoms with Crippen LogP contribution in [0.3, 0.4) is 0 Å². The monoisotopic (exact) mass is 398 g/mol. The minimum Gasteiger partial charge on any atom is -1.00 e. The van der Waals surface area contributed by atoms with Crippen LogP contribution >= 0.6 is 0 Å². The first kappa shape index (κ1) is 27.5. The zero-order valence-corrected chi connectivity index (χ0v) is 17.1. The van der Waals surface area contributed by atoms with Crippen LogP contribution in [0.15, 0.2) is 35.5 Å². The average Bonchev–Trinajstić information content (AvgIpc) is 3.13. The van der Waals surface area contributed by atoms with Gasteiger partial charge in [0.15, 0.2) is 0 Å². The molecule has 0 heterocycles. The molecule has 0 saturated carbocycles. The predicted octanol–water partition coefficient (Wildman–Crippen LogP) is 0.518. The van der Waals surface area contributed by atoms with Crippen molar-refractivity contribution in [2.75, 3.05) is 0 Å². The van der Waals surface area contributed by atoms with Gasteiger partial charge >= 0.3 is 26.2 Å². The third-order valence-corrected chi connectivity index (χ3v) is 3.68. The van der Waals surface area contributed by atoms with Crippen LogP contribution in [0.4, 0.5) is 0 Å². The van der Waals surface area contributed by atoms with Gasteiger partial charge in [-0.2, -0.15) is 12.2 Å². The van der Waals surface area contributed by atoms with Crippen molar-refractivity contribution in [2.24, 2.45) is 0 Å². The molecule has 23 heavy (non-hydrogen) atoms. The van der Waals surface area contributed by atoms with E-state index in [1.807, 2.05) is 0 Å². The Balaban J connectivity index is -0.000000308. The molecular formula is C20H30F2Zr-2. The molecule has 2 aliphatic carbocycles. The summed E-state index contributed by atoms with van der Waals surface area (Å²) in [6.07, 6.45) is 27.9. The molecule has 0 N–H and O–H groups in total. The molecule has 0 atom stereocenters. The van der Waals surface area contributed by atoms with Crippen molar-refractivity contribution in [3.05, 3.63) is 47.6 Å². The molecule has 0 radical (unpaired) electrons. The van der Waals surface area contributed by atoms with Gasteiger partial charge in [0.1, 0.15) is 0 Å². The zero-order valence-electron chi connectivity index (χ0n) is 14.6. The van der Waals surface area contributed by atoms with Crippen LogP contribution in [0, 0.1) is 12.2 Å². The molecule has 0 saturated heterocycles. The topological polar surface area (TPSA) is 0 Å². The van der Waals surface area contributed by atoms with Crippen LogP contribution in [0.2, 0.25) is 0 Å². The summed E-state index contributed by atoms with van der Waals surface area (Å²) in [6.45, 7) is 4.48. The average molecular weight is 400 g/mol. The third-order valence-electron chi connectivity index (χ3n) is 3.68. The summed E-state index contributed by atoms with van der Waals surface area (Å²) in [4.78, 5) is 0. The summed E-state index contributed by atoms with van der Waals surface area (Å²) < 4.78 is 0. The Labute approximate surface area is 161 Å². The number of hydrogen-bond acceptors (Lipinski definition) is 0. The van der Waals surface area contributed by atoms with Gasteiger partial charge in [-0.15, -0.1) is 12.8 Å². The molecule has 0 aromatic carbocycles. The fourth-order valence-electron chi connectivity index (χ4n) is 2.38. The first-order valence-corrected chi connectivity index (χ1v) is 8.38. The van der Waals surface area contributed by atoms with E-state index in [1.165, 1.54) is 62.5 Å². The maximum absolute atomic E-state index is 3.18. The molecule has 0 aromatic rings. The molecule has 2 aliphatic rings. The number of allylic oxidation sites excluding steroid dienone is 8. The van der Waals surface area contributed by atoms with Crippen LogP contribution in [0.5, 0.6) is 0 Å². The fourth-order valence-corrected chi connectivity index (χ4v) is 2.38. The molecule has 0 spiro atoms. The maximum Gasteiger partial charge on any atom is 2.00 e. The summed E-state index contributed by atoms with van der Waals surface area (Å²) in [5.41, 5.74) is 2.99. The van der Waals surface area contributed by atoms with E-state index in [1.54, 1.807) is 0 Å². The molecule has 0 fully saturated rings. The Morgan fingerprint density at radius 1 is 0.739 bits per heavy atom. The van der Waals surface area contributed by atoms with Crippen molar-refractivity contribution in [1.82, 2.24) is 0 Å². The summed E-state index contributed by atoms with van der Waals surface area (Å²) in [7, 11) is 0. The van der Waals surface area contributed by atoms with Crippen LogP contribution in [0.25, 0.3) is 0 Å². The Hall–Kier alpha value is -0.297. The van der Waals surface area contributed by atoms with Crippen LogP contribution in [-0.4, -0.2) is 0 Å². The number of rotatable bonds is 8. The van der Waals surface area contributed by atoms with E-state index in [9.17, 15) is 0 Å². The quantitative estimate of drug-likeness (QED) is 0.412. The van der Waals surface area contributed by atoms with Gasteiger partial charge in [0.2, 0.25) is 0 Å². The first-order valence-electron chi connectivity index (χ1n) is 8.38. The van der Waals surface area contributed by atoms with Gasteiger partial charge in [0.05, 0.1) is 0 Å². The largest absolute Gasteiger partial charge is 2.00 e. The summed E-state index contributed by atoms with van der Waals surface area (Å²) in [5.74, 6) is 0. The number of unbranched alkanes of at least 4 members (excludes halogenated alkanes) is 4. The second-order valence-electron chi connectivity index (χ2n) is 5.58. The van der Waals surface area contributed by atoms with E-state index in [0.717, 1.165) is 12.8 Å².